The number of hydrogen-bond donors (Lipinski definition) is 2. The number of anilines is 2. The Labute approximate surface area is 186 Å². The minimum Gasteiger partial charge on any atom is -0.491 e. The van der Waals surface area contributed by atoms with Crippen LogP contribution >= 0.6 is 11.8 Å². The number of amides is 1. The zero-order valence-corrected chi connectivity index (χ0v) is 19.0. The highest BCUT2D eigenvalue weighted by Crippen LogP contribution is 2.26. The van der Waals surface area contributed by atoms with Crippen molar-refractivity contribution in [3.05, 3.63) is 60.9 Å². The smallest absolute Gasteiger partial charge is 0.241 e. The van der Waals surface area contributed by atoms with Crippen LogP contribution in [-0.4, -0.2) is 35.7 Å². The first-order chi connectivity index (χ1) is 14.7. The fourth-order valence-electron chi connectivity index (χ4n) is 2.62. The van der Waals surface area contributed by atoms with Gasteiger partial charge in [-0.2, -0.15) is 0 Å². The van der Waals surface area contributed by atoms with Gasteiger partial charge in [0.05, 0.1) is 6.10 Å². The van der Waals surface area contributed by atoms with E-state index in [9.17, 15) is 13.2 Å². The summed E-state index contributed by atoms with van der Waals surface area (Å²) in [5, 5.41) is 3.45. The van der Waals surface area contributed by atoms with Crippen LogP contribution in [0.5, 0.6) is 5.75 Å². The number of aryl methyl sites for hydroxylation is 1. The van der Waals surface area contributed by atoms with Crippen molar-refractivity contribution in [2.45, 2.75) is 30.0 Å². The molecule has 8 nitrogen and oxygen atoms in total. The molecular weight excluding hydrogens is 436 g/mol. The minimum atomic E-state index is -3.86. The molecule has 0 fully saturated rings. The van der Waals surface area contributed by atoms with Gasteiger partial charge in [0.1, 0.15) is 11.5 Å². The first kappa shape index (κ1) is 22.7. The van der Waals surface area contributed by atoms with Crippen LogP contribution < -0.4 is 14.8 Å². The van der Waals surface area contributed by atoms with Crippen LogP contribution in [-0.2, 0) is 21.9 Å². The summed E-state index contributed by atoms with van der Waals surface area (Å²) >= 11 is 1.49. The first-order valence-corrected chi connectivity index (χ1v) is 12.0. The SMILES string of the molecule is CC(C)Oc1ccc(NS(=O)(=O)CC(=O)Nc2ccc(Sc3nccn3C)cc2)cc1. The van der Waals surface area contributed by atoms with E-state index in [4.69, 9.17) is 4.74 Å². The molecule has 0 spiro atoms. The fourth-order valence-corrected chi connectivity index (χ4v) is 4.41. The molecule has 0 unspecified atom stereocenters. The third-order valence-electron chi connectivity index (χ3n) is 3.94. The zero-order valence-electron chi connectivity index (χ0n) is 17.4. The van der Waals surface area contributed by atoms with Crippen LogP contribution in [0.3, 0.4) is 0 Å². The highest BCUT2D eigenvalue weighted by Gasteiger charge is 2.17. The molecular formula is C21H24N4O4S2. The number of ether oxygens (including phenoxy) is 1. The topological polar surface area (TPSA) is 102 Å². The van der Waals surface area contributed by atoms with Gasteiger partial charge in [-0.25, -0.2) is 13.4 Å². The molecule has 164 valence electrons. The lowest BCUT2D eigenvalue weighted by Gasteiger charge is -2.12. The number of nitrogens with one attached hydrogen (secondary N) is 2. The average molecular weight is 461 g/mol. The molecule has 0 atom stereocenters. The highest BCUT2D eigenvalue weighted by atomic mass is 32.2. The van der Waals surface area contributed by atoms with E-state index < -0.39 is 21.7 Å². The molecule has 0 bridgehead atoms. The molecule has 0 aliphatic carbocycles. The Morgan fingerprint density at radius 1 is 1.10 bits per heavy atom. The van der Waals surface area contributed by atoms with Crippen molar-refractivity contribution < 1.29 is 17.9 Å². The summed E-state index contributed by atoms with van der Waals surface area (Å²) in [5.41, 5.74) is 0.874. The molecule has 2 N–H and O–H groups in total. The molecule has 2 aromatic carbocycles. The Balaban J connectivity index is 1.53. The summed E-state index contributed by atoms with van der Waals surface area (Å²) in [6.07, 6.45) is 3.60. The number of imidazole rings is 1. The first-order valence-electron chi connectivity index (χ1n) is 9.52. The number of rotatable bonds is 9. The molecule has 10 heteroatoms. The van der Waals surface area contributed by atoms with Crippen molar-refractivity contribution in [3.8, 4) is 5.75 Å². The quantitative estimate of drug-likeness (QED) is 0.504. The van der Waals surface area contributed by atoms with Gasteiger partial charge in [-0.05, 0) is 62.4 Å². The van der Waals surface area contributed by atoms with Crippen molar-refractivity contribution in [2.75, 3.05) is 15.8 Å². The van der Waals surface area contributed by atoms with Gasteiger partial charge >= 0.3 is 0 Å². The van der Waals surface area contributed by atoms with Gasteiger partial charge in [-0.3, -0.25) is 9.52 Å². The van der Waals surface area contributed by atoms with Crippen molar-refractivity contribution in [1.82, 2.24) is 9.55 Å². The maximum absolute atomic E-state index is 12.3. The van der Waals surface area contributed by atoms with E-state index in [1.807, 2.05) is 43.8 Å². The molecule has 1 amide bonds. The summed E-state index contributed by atoms with van der Waals surface area (Å²) < 4.78 is 34.5. The van der Waals surface area contributed by atoms with E-state index in [-0.39, 0.29) is 6.10 Å². The maximum atomic E-state index is 12.3. The second-order valence-corrected chi connectivity index (χ2v) is 9.81. The Morgan fingerprint density at radius 3 is 2.32 bits per heavy atom. The van der Waals surface area contributed by atoms with Crippen molar-refractivity contribution >= 4 is 39.1 Å². The molecule has 1 aromatic heterocycles. The van der Waals surface area contributed by atoms with Gasteiger partial charge in [0.2, 0.25) is 15.9 Å². The molecule has 31 heavy (non-hydrogen) atoms. The van der Waals surface area contributed by atoms with Crippen molar-refractivity contribution in [2.24, 2.45) is 7.05 Å². The summed E-state index contributed by atoms with van der Waals surface area (Å²) in [6.45, 7) is 3.81. The van der Waals surface area contributed by atoms with Gasteiger partial charge in [0, 0.05) is 35.7 Å². The van der Waals surface area contributed by atoms with E-state index in [1.54, 1.807) is 42.6 Å². The van der Waals surface area contributed by atoms with Crippen LogP contribution in [0.1, 0.15) is 13.8 Å². The van der Waals surface area contributed by atoms with Gasteiger partial charge < -0.3 is 14.6 Å². The number of benzene rings is 2. The van der Waals surface area contributed by atoms with Gasteiger partial charge in [-0.1, -0.05) is 11.8 Å². The number of carbonyl (C=O) groups is 1. The second-order valence-electron chi connectivity index (χ2n) is 7.05. The normalized spacial score (nSPS) is 11.4. The lowest BCUT2D eigenvalue weighted by Crippen LogP contribution is -2.27. The second kappa shape index (κ2) is 9.88. The Hall–Kier alpha value is -2.98. The third-order valence-corrected chi connectivity index (χ3v) is 6.22. The summed E-state index contributed by atoms with van der Waals surface area (Å²) in [4.78, 5) is 17.4. The van der Waals surface area contributed by atoms with Crippen LogP contribution in [0, 0.1) is 0 Å². The largest absolute Gasteiger partial charge is 0.491 e. The number of sulfonamides is 1. The molecule has 0 aliphatic heterocycles. The summed E-state index contributed by atoms with van der Waals surface area (Å²) in [7, 11) is -1.95. The highest BCUT2D eigenvalue weighted by molar-refractivity contribution is 7.99. The number of nitrogens with zero attached hydrogens (tertiary/aromatic N) is 2. The molecule has 3 rings (SSSR count). The van der Waals surface area contributed by atoms with E-state index in [0.29, 0.717) is 17.1 Å². The van der Waals surface area contributed by atoms with Gasteiger partial charge in [0.25, 0.3) is 0 Å². The summed E-state index contributed by atoms with van der Waals surface area (Å²) in [5.74, 6) is -0.682. The Kier molecular flexibility index (Phi) is 7.24. The predicted octanol–water partition coefficient (Wildman–Crippen LogP) is 3.74. The standard InChI is InChI=1S/C21H24N4O4S2/c1-15(2)29-18-8-4-17(5-9-18)24-31(27,28)14-20(26)23-16-6-10-19(11-7-16)30-21-22-12-13-25(21)3/h4-13,15,24H,14H2,1-3H3,(H,23,26). The van der Waals surface area contributed by atoms with E-state index in [2.05, 4.69) is 15.0 Å². The molecule has 0 aliphatic rings. The average Bonchev–Trinajstić information content (AvgIpc) is 3.08. The van der Waals surface area contributed by atoms with E-state index in [1.165, 1.54) is 11.8 Å². The number of aromatic nitrogens is 2. The molecule has 1 heterocycles. The van der Waals surface area contributed by atoms with Gasteiger partial charge in [-0.15, -0.1) is 0 Å². The molecule has 0 radical (unpaired) electrons. The fraction of sp³-hybridized carbons (Fsp3) is 0.238. The molecule has 3 aromatic rings. The van der Waals surface area contributed by atoms with E-state index >= 15 is 0 Å². The maximum Gasteiger partial charge on any atom is 0.241 e. The lowest BCUT2D eigenvalue weighted by molar-refractivity contribution is -0.113. The minimum absolute atomic E-state index is 0.0220. The zero-order chi connectivity index (χ0) is 22.4. The van der Waals surface area contributed by atoms with Crippen molar-refractivity contribution in [3.63, 3.8) is 0 Å². The van der Waals surface area contributed by atoms with Crippen LogP contribution in [0.2, 0.25) is 0 Å². The molecule has 0 saturated carbocycles. The van der Waals surface area contributed by atoms with Crippen LogP contribution in [0.15, 0.2) is 71.0 Å². The third kappa shape index (κ3) is 7.04. The predicted molar refractivity (Wildman–Crippen MR) is 122 cm³/mol. The van der Waals surface area contributed by atoms with Crippen molar-refractivity contribution in [1.29, 1.82) is 0 Å². The van der Waals surface area contributed by atoms with Gasteiger partial charge in [0.15, 0.2) is 5.16 Å². The lowest BCUT2D eigenvalue weighted by atomic mass is 10.3. The summed E-state index contributed by atoms with van der Waals surface area (Å²) in [6, 6.07) is 13.6. The Bertz CT molecular complexity index is 1120. The monoisotopic (exact) mass is 460 g/mol. The number of hydrogen-bond acceptors (Lipinski definition) is 6. The van der Waals surface area contributed by atoms with Crippen LogP contribution in [0.4, 0.5) is 11.4 Å². The van der Waals surface area contributed by atoms with E-state index in [0.717, 1.165) is 10.1 Å². The molecule has 0 saturated heterocycles. The van der Waals surface area contributed by atoms with Crippen LogP contribution in [0.25, 0.3) is 0 Å². The Morgan fingerprint density at radius 2 is 1.74 bits per heavy atom. The number of carbonyl (C=O) groups excluding carboxylic acids is 1.